The molecule has 16 heavy (non-hydrogen) atoms. The molecule has 0 spiro atoms. The van der Waals surface area contributed by atoms with Crippen LogP contribution in [0.4, 0.5) is 0 Å². The van der Waals surface area contributed by atoms with Gasteiger partial charge in [-0.05, 0) is 11.4 Å². The molecule has 0 amide bonds. The molecule has 2 rings (SSSR count). The molecule has 0 saturated heterocycles. The van der Waals surface area contributed by atoms with E-state index in [4.69, 9.17) is 10.4 Å². The average molecular weight is 234 g/mol. The van der Waals surface area contributed by atoms with Crippen molar-refractivity contribution < 1.29 is 5.11 Å². The van der Waals surface area contributed by atoms with Crippen molar-refractivity contribution in [2.75, 3.05) is 0 Å². The maximum atomic E-state index is 9.13. The number of aliphatic hydroxyl groups excluding tert-OH is 1. The Morgan fingerprint density at radius 1 is 1.56 bits per heavy atom. The van der Waals surface area contributed by atoms with Gasteiger partial charge in [0.05, 0.1) is 18.4 Å². The van der Waals surface area contributed by atoms with E-state index in [1.54, 1.807) is 11.3 Å². The zero-order valence-electron chi connectivity index (χ0n) is 8.50. The summed E-state index contributed by atoms with van der Waals surface area (Å²) < 4.78 is 1.53. The molecule has 0 aliphatic carbocycles. The van der Waals surface area contributed by atoms with Gasteiger partial charge in [0.15, 0.2) is 0 Å². The fourth-order valence-corrected chi connectivity index (χ4v) is 2.17. The highest BCUT2D eigenvalue weighted by Gasteiger charge is 2.12. The van der Waals surface area contributed by atoms with Gasteiger partial charge < -0.3 is 5.11 Å². The third-order valence-corrected chi connectivity index (χ3v) is 3.09. The van der Waals surface area contributed by atoms with Gasteiger partial charge in [-0.1, -0.05) is 11.3 Å². The van der Waals surface area contributed by atoms with Crippen LogP contribution >= 0.6 is 11.3 Å². The normalized spacial score (nSPS) is 10.2. The Morgan fingerprint density at radius 2 is 2.44 bits per heavy atom. The minimum Gasteiger partial charge on any atom is -0.390 e. The van der Waals surface area contributed by atoms with Crippen molar-refractivity contribution in [3.8, 4) is 6.07 Å². The van der Waals surface area contributed by atoms with E-state index in [1.807, 2.05) is 23.6 Å². The standard InChI is InChI=1S/C10H10N4OS/c11-3-4-14-10(9(7-15)12-13-14)6-8-2-1-5-16-8/h1-2,5,15H,4,6-7H2. The van der Waals surface area contributed by atoms with E-state index in [0.29, 0.717) is 12.1 Å². The Morgan fingerprint density at radius 3 is 3.06 bits per heavy atom. The molecule has 0 unspecified atom stereocenters. The molecule has 0 aromatic carbocycles. The molecule has 0 atom stereocenters. The van der Waals surface area contributed by atoms with Gasteiger partial charge in [-0.3, -0.25) is 0 Å². The molecule has 0 aliphatic heterocycles. The van der Waals surface area contributed by atoms with Crippen molar-refractivity contribution in [3.63, 3.8) is 0 Å². The first-order valence-corrected chi connectivity index (χ1v) is 5.64. The fourth-order valence-electron chi connectivity index (χ4n) is 1.46. The second-order valence-electron chi connectivity index (χ2n) is 3.21. The number of nitriles is 1. The van der Waals surface area contributed by atoms with Crippen LogP contribution in [0.3, 0.4) is 0 Å². The van der Waals surface area contributed by atoms with Gasteiger partial charge in [0.1, 0.15) is 12.2 Å². The summed E-state index contributed by atoms with van der Waals surface area (Å²) in [4.78, 5) is 1.16. The van der Waals surface area contributed by atoms with Crippen molar-refractivity contribution >= 4 is 11.3 Å². The molecule has 0 radical (unpaired) electrons. The van der Waals surface area contributed by atoms with Crippen molar-refractivity contribution in [2.24, 2.45) is 0 Å². The number of thiophene rings is 1. The van der Waals surface area contributed by atoms with Gasteiger partial charge >= 0.3 is 0 Å². The minimum atomic E-state index is -0.147. The topological polar surface area (TPSA) is 74.7 Å². The van der Waals surface area contributed by atoms with E-state index >= 15 is 0 Å². The number of aromatic nitrogens is 3. The summed E-state index contributed by atoms with van der Waals surface area (Å²) in [7, 11) is 0. The van der Waals surface area contributed by atoms with Gasteiger partial charge in [-0.15, -0.1) is 16.4 Å². The largest absolute Gasteiger partial charge is 0.390 e. The zero-order valence-corrected chi connectivity index (χ0v) is 9.31. The highest BCUT2D eigenvalue weighted by molar-refractivity contribution is 7.09. The third-order valence-electron chi connectivity index (χ3n) is 2.21. The van der Waals surface area contributed by atoms with Crippen LogP contribution in [0.5, 0.6) is 0 Å². The monoisotopic (exact) mass is 234 g/mol. The Kier molecular flexibility index (Phi) is 3.29. The van der Waals surface area contributed by atoms with E-state index in [2.05, 4.69) is 10.3 Å². The molecular weight excluding hydrogens is 224 g/mol. The molecule has 82 valence electrons. The molecule has 0 saturated carbocycles. The molecule has 2 aromatic heterocycles. The minimum absolute atomic E-state index is 0.147. The van der Waals surface area contributed by atoms with E-state index in [9.17, 15) is 0 Å². The lowest BCUT2D eigenvalue weighted by Gasteiger charge is -2.02. The molecule has 0 bridgehead atoms. The van der Waals surface area contributed by atoms with E-state index in [-0.39, 0.29) is 13.2 Å². The summed E-state index contributed by atoms with van der Waals surface area (Å²) in [6.45, 7) is 0.0137. The Bertz CT molecular complexity index is 497. The quantitative estimate of drug-likeness (QED) is 0.854. The molecule has 0 aliphatic rings. The molecular formula is C10H10N4OS. The number of nitrogens with zero attached hydrogens (tertiary/aromatic N) is 4. The Labute approximate surface area is 96.6 Å². The highest BCUT2D eigenvalue weighted by Crippen LogP contribution is 2.16. The van der Waals surface area contributed by atoms with E-state index in [0.717, 1.165) is 10.6 Å². The molecule has 6 heteroatoms. The Hall–Kier alpha value is -1.71. The molecule has 5 nitrogen and oxygen atoms in total. The summed E-state index contributed by atoms with van der Waals surface area (Å²) in [6.07, 6.45) is 0.655. The molecule has 0 fully saturated rings. The highest BCUT2D eigenvalue weighted by atomic mass is 32.1. The fraction of sp³-hybridized carbons (Fsp3) is 0.300. The van der Waals surface area contributed by atoms with Crippen LogP contribution in [-0.2, 0) is 19.6 Å². The zero-order chi connectivity index (χ0) is 11.4. The second kappa shape index (κ2) is 4.88. The van der Waals surface area contributed by atoms with E-state index < -0.39 is 0 Å². The first kappa shape index (κ1) is 10.8. The smallest absolute Gasteiger partial charge is 0.130 e. The maximum absolute atomic E-state index is 9.13. The first-order chi connectivity index (χ1) is 7.85. The molecule has 1 N–H and O–H groups in total. The van der Waals surface area contributed by atoms with Crippen LogP contribution < -0.4 is 0 Å². The van der Waals surface area contributed by atoms with Crippen LogP contribution in [-0.4, -0.2) is 20.1 Å². The van der Waals surface area contributed by atoms with Crippen molar-refractivity contribution in [1.29, 1.82) is 5.26 Å². The van der Waals surface area contributed by atoms with Crippen LogP contribution in [0.25, 0.3) is 0 Å². The lowest BCUT2D eigenvalue weighted by atomic mass is 10.2. The number of aliphatic hydroxyl groups is 1. The van der Waals surface area contributed by atoms with Gasteiger partial charge in [0.25, 0.3) is 0 Å². The van der Waals surface area contributed by atoms with Crippen molar-refractivity contribution in [1.82, 2.24) is 15.0 Å². The number of rotatable bonds is 4. The lowest BCUT2D eigenvalue weighted by molar-refractivity contribution is 0.275. The van der Waals surface area contributed by atoms with E-state index in [1.165, 1.54) is 4.68 Å². The van der Waals surface area contributed by atoms with Crippen LogP contribution in [0.2, 0.25) is 0 Å². The van der Waals surface area contributed by atoms with Crippen LogP contribution in [0.1, 0.15) is 16.3 Å². The number of hydrogen-bond donors (Lipinski definition) is 1. The van der Waals surface area contributed by atoms with Gasteiger partial charge in [-0.25, -0.2) is 4.68 Å². The van der Waals surface area contributed by atoms with Crippen molar-refractivity contribution in [3.05, 3.63) is 33.8 Å². The summed E-state index contributed by atoms with van der Waals surface area (Å²) in [5.41, 5.74) is 1.36. The number of hydrogen-bond acceptors (Lipinski definition) is 5. The summed E-state index contributed by atoms with van der Waals surface area (Å²) in [5.74, 6) is 0. The van der Waals surface area contributed by atoms with Crippen LogP contribution in [0, 0.1) is 11.3 Å². The third kappa shape index (κ3) is 2.10. The summed E-state index contributed by atoms with van der Waals surface area (Å²) >= 11 is 1.63. The maximum Gasteiger partial charge on any atom is 0.130 e. The second-order valence-corrected chi connectivity index (χ2v) is 4.25. The summed E-state index contributed by atoms with van der Waals surface area (Å²) in [5, 5.41) is 27.5. The predicted molar refractivity (Wildman–Crippen MR) is 58.7 cm³/mol. The average Bonchev–Trinajstić information content (AvgIpc) is 2.91. The van der Waals surface area contributed by atoms with Crippen molar-refractivity contribution in [2.45, 2.75) is 19.6 Å². The van der Waals surface area contributed by atoms with Crippen LogP contribution in [0.15, 0.2) is 17.5 Å². The summed E-state index contributed by atoms with van der Waals surface area (Å²) in [6, 6.07) is 6.00. The van der Waals surface area contributed by atoms with Gasteiger partial charge in [0, 0.05) is 11.3 Å². The predicted octanol–water partition coefficient (Wildman–Crippen LogP) is 0.946. The Balaban J connectivity index is 2.30. The SMILES string of the molecule is N#CCn1nnc(CO)c1Cc1cccs1. The molecule has 2 aromatic rings. The first-order valence-electron chi connectivity index (χ1n) is 4.76. The lowest BCUT2D eigenvalue weighted by Crippen LogP contribution is -2.05. The molecule has 2 heterocycles. The van der Waals surface area contributed by atoms with Gasteiger partial charge in [-0.2, -0.15) is 5.26 Å². The van der Waals surface area contributed by atoms with Gasteiger partial charge in [0.2, 0.25) is 0 Å².